The van der Waals surface area contributed by atoms with Crippen LogP contribution in [0.3, 0.4) is 0 Å². The predicted molar refractivity (Wildman–Crippen MR) is 144 cm³/mol. The molecule has 0 bridgehead atoms. The van der Waals surface area contributed by atoms with Crippen LogP contribution in [-0.2, 0) is 9.53 Å². The quantitative estimate of drug-likeness (QED) is 0.141. The molecule has 0 saturated heterocycles. The number of carbonyl (C=O) groups excluding carboxylic acids is 3. The number of carbonyl (C=O) groups is 3. The lowest BCUT2D eigenvalue weighted by Crippen LogP contribution is -2.41. The molecular formula is C25H44ClN3O8. The van der Waals surface area contributed by atoms with E-state index in [1.165, 1.54) is 0 Å². The molecule has 37 heavy (non-hydrogen) atoms. The molecule has 1 aromatic rings. The highest BCUT2D eigenvalue weighted by molar-refractivity contribution is 6.18. The number of alkyl halides is 1. The van der Waals surface area contributed by atoms with Gasteiger partial charge >= 0.3 is 0 Å². The van der Waals surface area contributed by atoms with E-state index in [9.17, 15) is 24.6 Å². The Kier molecular flexibility index (Phi) is 20.7. The standard InChI is InChI=1S/C21H32ClN3O8.2C2H6/c1-11-17(20(31)23-5-6-26)12(2)19(25-16(30)10-33-7-4-22)13(3)18(11)21(32)24-8-14(28)15(29)9-27;2*1-2/h14-15,26-29H,4-10H2,1-3H3,(H,23,31)(H,24,32)(H,25,30);2*1-2H3. The normalized spacial score (nSPS) is 11.7. The lowest BCUT2D eigenvalue weighted by atomic mass is 9.90. The van der Waals surface area contributed by atoms with Gasteiger partial charge in [0.2, 0.25) is 5.91 Å². The van der Waals surface area contributed by atoms with E-state index in [2.05, 4.69) is 16.0 Å². The molecule has 214 valence electrons. The second-order valence-electron chi connectivity index (χ2n) is 7.30. The molecule has 3 amide bonds. The van der Waals surface area contributed by atoms with Crippen molar-refractivity contribution in [1.82, 2.24) is 10.6 Å². The fraction of sp³-hybridized carbons (Fsp3) is 0.640. The van der Waals surface area contributed by atoms with Crippen LogP contribution < -0.4 is 16.0 Å². The van der Waals surface area contributed by atoms with Crippen molar-refractivity contribution in [2.45, 2.75) is 60.7 Å². The largest absolute Gasteiger partial charge is 0.395 e. The molecule has 0 saturated carbocycles. The predicted octanol–water partition coefficient (Wildman–Crippen LogP) is 1.02. The summed E-state index contributed by atoms with van der Waals surface area (Å²) < 4.78 is 5.12. The van der Waals surface area contributed by atoms with Crippen LogP contribution in [0.15, 0.2) is 0 Å². The van der Waals surface area contributed by atoms with E-state index in [1.807, 2.05) is 27.7 Å². The first kappa shape index (κ1) is 36.9. The number of halogens is 1. The van der Waals surface area contributed by atoms with Gasteiger partial charge < -0.3 is 41.1 Å². The van der Waals surface area contributed by atoms with Crippen LogP contribution in [0.2, 0.25) is 0 Å². The first-order valence-electron chi connectivity index (χ1n) is 12.3. The summed E-state index contributed by atoms with van der Waals surface area (Å²) in [4.78, 5) is 38.1. The Bertz CT molecular complexity index is 852. The van der Waals surface area contributed by atoms with Gasteiger partial charge in [-0.3, -0.25) is 14.4 Å². The minimum absolute atomic E-state index is 0.00762. The van der Waals surface area contributed by atoms with Crippen LogP contribution in [-0.4, -0.2) is 95.8 Å². The van der Waals surface area contributed by atoms with Crippen molar-refractivity contribution in [3.63, 3.8) is 0 Å². The minimum Gasteiger partial charge on any atom is -0.395 e. The van der Waals surface area contributed by atoms with E-state index < -0.39 is 36.5 Å². The number of nitrogens with one attached hydrogen (secondary N) is 3. The third-order valence-corrected chi connectivity index (χ3v) is 5.08. The highest BCUT2D eigenvalue weighted by Gasteiger charge is 2.26. The number of aliphatic hydroxyl groups is 4. The Morgan fingerprint density at radius 3 is 1.84 bits per heavy atom. The number of ether oxygens (including phenoxy) is 1. The molecule has 2 unspecified atom stereocenters. The van der Waals surface area contributed by atoms with Crippen LogP contribution >= 0.6 is 11.6 Å². The van der Waals surface area contributed by atoms with Crippen LogP contribution in [0.1, 0.15) is 65.1 Å². The number of aliphatic hydroxyl groups excluding tert-OH is 4. The molecule has 0 aliphatic heterocycles. The van der Waals surface area contributed by atoms with Crippen molar-refractivity contribution >= 4 is 35.0 Å². The average Bonchev–Trinajstić information content (AvgIpc) is 2.90. The lowest BCUT2D eigenvalue weighted by Gasteiger charge is -2.23. The van der Waals surface area contributed by atoms with Gasteiger partial charge in [0.25, 0.3) is 11.8 Å². The summed E-state index contributed by atoms with van der Waals surface area (Å²) in [6, 6.07) is 0. The van der Waals surface area contributed by atoms with E-state index in [0.29, 0.717) is 16.7 Å². The van der Waals surface area contributed by atoms with Gasteiger partial charge in [-0.2, -0.15) is 0 Å². The molecular weight excluding hydrogens is 506 g/mol. The van der Waals surface area contributed by atoms with Gasteiger partial charge in [0, 0.05) is 35.8 Å². The second kappa shape index (κ2) is 20.7. The summed E-state index contributed by atoms with van der Waals surface area (Å²) in [5.74, 6) is -1.49. The Labute approximate surface area is 224 Å². The maximum Gasteiger partial charge on any atom is 0.252 e. The van der Waals surface area contributed by atoms with Gasteiger partial charge in [0.05, 0.1) is 25.9 Å². The van der Waals surface area contributed by atoms with Crippen molar-refractivity contribution in [2.75, 3.05) is 50.7 Å². The number of amides is 3. The Morgan fingerprint density at radius 2 is 1.38 bits per heavy atom. The SMILES string of the molecule is CC.CC.Cc1c(NC(=O)COCCCl)c(C)c(C(=O)NCC(O)C(O)CO)c(C)c1C(=O)NCCO. The summed E-state index contributed by atoms with van der Waals surface area (Å²) in [6.45, 7) is 11.3. The fourth-order valence-corrected chi connectivity index (χ4v) is 3.39. The summed E-state index contributed by atoms with van der Waals surface area (Å²) in [5, 5.41) is 44.9. The van der Waals surface area contributed by atoms with Gasteiger partial charge in [-0.15, -0.1) is 11.6 Å². The summed E-state index contributed by atoms with van der Waals surface area (Å²) >= 11 is 5.54. The summed E-state index contributed by atoms with van der Waals surface area (Å²) in [6.07, 6.45) is -2.84. The van der Waals surface area contributed by atoms with Crippen LogP contribution in [0.4, 0.5) is 5.69 Å². The third-order valence-electron chi connectivity index (χ3n) is 4.92. The molecule has 12 heteroatoms. The molecule has 0 heterocycles. The van der Waals surface area contributed by atoms with Crippen molar-refractivity contribution in [1.29, 1.82) is 0 Å². The van der Waals surface area contributed by atoms with Crippen molar-refractivity contribution in [2.24, 2.45) is 0 Å². The highest BCUT2D eigenvalue weighted by atomic mass is 35.5. The molecule has 11 nitrogen and oxygen atoms in total. The average molecular weight is 550 g/mol. The minimum atomic E-state index is -1.44. The summed E-state index contributed by atoms with van der Waals surface area (Å²) in [5.41, 5.74) is 1.61. The highest BCUT2D eigenvalue weighted by Crippen LogP contribution is 2.31. The Balaban J connectivity index is 0. The number of benzene rings is 1. The van der Waals surface area contributed by atoms with Gasteiger partial charge in [-0.05, 0) is 37.5 Å². The monoisotopic (exact) mass is 549 g/mol. The maximum atomic E-state index is 13.0. The smallest absolute Gasteiger partial charge is 0.252 e. The second-order valence-corrected chi connectivity index (χ2v) is 7.67. The van der Waals surface area contributed by atoms with Gasteiger partial charge in [0.1, 0.15) is 12.7 Å². The van der Waals surface area contributed by atoms with Gasteiger partial charge in [-0.1, -0.05) is 27.7 Å². The maximum absolute atomic E-state index is 13.0. The summed E-state index contributed by atoms with van der Waals surface area (Å²) in [7, 11) is 0. The number of hydrogen-bond acceptors (Lipinski definition) is 8. The zero-order valence-electron chi connectivity index (χ0n) is 22.9. The topological polar surface area (TPSA) is 177 Å². The number of anilines is 1. The fourth-order valence-electron chi connectivity index (χ4n) is 3.28. The van der Waals surface area contributed by atoms with Crippen molar-refractivity contribution < 1.29 is 39.5 Å². The van der Waals surface area contributed by atoms with Gasteiger partial charge in [-0.25, -0.2) is 0 Å². The molecule has 2 atom stereocenters. The van der Waals surface area contributed by atoms with E-state index in [1.54, 1.807) is 20.8 Å². The number of hydrogen-bond donors (Lipinski definition) is 7. The zero-order valence-corrected chi connectivity index (χ0v) is 23.7. The molecule has 0 fully saturated rings. The molecule has 0 aromatic heterocycles. The molecule has 0 spiro atoms. The van der Waals surface area contributed by atoms with E-state index in [0.717, 1.165) is 0 Å². The van der Waals surface area contributed by atoms with Crippen molar-refractivity contribution in [3.8, 4) is 0 Å². The molecule has 1 aromatic carbocycles. The Morgan fingerprint density at radius 1 is 0.865 bits per heavy atom. The lowest BCUT2D eigenvalue weighted by molar-refractivity contribution is -0.120. The molecule has 0 aliphatic carbocycles. The molecule has 1 rings (SSSR count). The van der Waals surface area contributed by atoms with Gasteiger partial charge in [0.15, 0.2) is 0 Å². The van der Waals surface area contributed by atoms with E-state index >= 15 is 0 Å². The molecule has 0 aliphatic rings. The number of rotatable bonds is 13. The van der Waals surface area contributed by atoms with E-state index in [-0.39, 0.29) is 55.6 Å². The molecule has 7 N–H and O–H groups in total. The van der Waals surface area contributed by atoms with Crippen molar-refractivity contribution in [3.05, 3.63) is 27.8 Å². The Hall–Kier alpha value is -2.28. The zero-order chi connectivity index (χ0) is 29.1. The van der Waals surface area contributed by atoms with E-state index in [4.69, 9.17) is 26.6 Å². The molecule has 0 radical (unpaired) electrons. The van der Waals surface area contributed by atoms with Crippen LogP contribution in [0, 0.1) is 20.8 Å². The first-order valence-corrected chi connectivity index (χ1v) is 12.9. The van der Waals surface area contributed by atoms with Crippen LogP contribution in [0.25, 0.3) is 0 Å². The first-order chi connectivity index (χ1) is 17.6. The van der Waals surface area contributed by atoms with Crippen LogP contribution in [0.5, 0.6) is 0 Å². The third kappa shape index (κ3) is 11.8.